The zero-order chi connectivity index (χ0) is 9.14. The van der Waals surface area contributed by atoms with Crippen molar-refractivity contribution in [1.29, 1.82) is 0 Å². The summed E-state index contributed by atoms with van der Waals surface area (Å²) in [5.41, 5.74) is 1.05. The number of rotatable bonds is 2. The number of halogens is 2. The molecule has 1 rings (SSSR count). The van der Waals surface area contributed by atoms with Crippen LogP contribution in [0.3, 0.4) is 0 Å². The van der Waals surface area contributed by atoms with E-state index in [0.29, 0.717) is 5.92 Å². The lowest BCUT2D eigenvalue weighted by molar-refractivity contribution is 0.612. The van der Waals surface area contributed by atoms with E-state index < -0.39 is 0 Å². The molecule has 0 saturated carbocycles. The highest BCUT2D eigenvalue weighted by Crippen LogP contribution is 2.17. The molecular formula is C10H12BrF. The molecule has 0 saturated heterocycles. The first-order valence-corrected chi connectivity index (χ1v) is 4.82. The van der Waals surface area contributed by atoms with Crippen molar-refractivity contribution in [3.63, 3.8) is 0 Å². The van der Waals surface area contributed by atoms with Crippen LogP contribution < -0.4 is 0 Å². The second-order valence-electron chi connectivity index (χ2n) is 3.38. The molecule has 1 aromatic carbocycles. The van der Waals surface area contributed by atoms with Gasteiger partial charge in [-0.05, 0) is 36.1 Å². The fourth-order valence-corrected chi connectivity index (χ4v) is 1.71. The maximum Gasteiger partial charge on any atom is 0.124 e. The van der Waals surface area contributed by atoms with Gasteiger partial charge in [0.1, 0.15) is 5.82 Å². The summed E-state index contributed by atoms with van der Waals surface area (Å²) in [7, 11) is 0. The molecule has 0 aromatic heterocycles. The van der Waals surface area contributed by atoms with E-state index in [1.54, 1.807) is 6.07 Å². The van der Waals surface area contributed by atoms with Crippen LogP contribution in [0.5, 0.6) is 0 Å². The third kappa shape index (κ3) is 2.94. The summed E-state index contributed by atoms with van der Waals surface area (Å²) in [4.78, 5) is 0. The van der Waals surface area contributed by atoms with E-state index in [4.69, 9.17) is 0 Å². The van der Waals surface area contributed by atoms with Crippen LogP contribution in [0.15, 0.2) is 22.7 Å². The third-order valence-corrected chi connectivity index (χ3v) is 2.02. The van der Waals surface area contributed by atoms with Crippen LogP contribution in [0.4, 0.5) is 4.39 Å². The monoisotopic (exact) mass is 230 g/mol. The fraction of sp³-hybridized carbons (Fsp3) is 0.400. The molecule has 0 aliphatic carbocycles. The van der Waals surface area contributed by atoms with E-state index >= 15 is 0 Å². The first-order valence-electron chi connectivity index (χ1n) is 4.03. The van der Waals surface area contributed by atoms with E-state index in [0.717, 1.165) is 16.5 Å². The quantitative estimate of drug-likeness (QED) is 0.726. The van der Waals surface area contributed by atoms with Crippen molar-refractivity contribution in [2.45, 2.75) is 20.3 Å². The van der Waals surface area contributed by atoms with Gasteiger partial charge in [0.15, 0.2) is 0 Å². The topological polar surface area (TPSA) is 0 Å². The lowest BCUT2D eigenvalue weighted by Crippen LogP contribution is -1.94. The summed E-state index contributed by atoms with van der Waals surface area (Å²) in [6.45, 7) is 4.25. The van der Waals surface area contributed by atoms with Crippen LogP contribution >= 0.6 is 15.9 Å². The molecule has 0 unspecified atom stereocenters. The van der Waals surface area contributed by atoms with E-state index in [2.05, 4.69) is 29.8 Å². The second-order valence-corrected chi connectivity index (χ2v) is 4.29. The minimum atomic E-state index is -0.167. The molecule has 0 aliphatic heterocycles. The molecule has 0 atom stereocenters. The lowest BCUT2D eigenvalue weighted by atomic mass is 10.0. The Labute approximate surface area is 80.9 Å². The van der Waals surface area contributed by atoms with Crippen LogP contribution in [0.2, 0.25) is 0 Å². The Morgan fingerprint density at radius 3 is 2.50 bits per heavy atom. The molecule has 0 spiro atoms. The molecular weight excluding hydrogens is 219 g/mol. The Morgan fingerprint density at radius 1 is 1.33 bits per heavy atom. The van der Waals surface area contributed by atoms with Crippen LogP contribution in [-0.2, 0) is 6.42 Å². The van der Waals surface area contributed by atoms with Gasteiger partial charge in [0, 0.05) is 4.47 Å². The van der Waals surface area contributed by atoms with E-state index in [-0.39, 0.29) is 5.82 Å². The smallest absolute Gasteiger partial charge is 0.124 e. The van der Waals surface area contributed by atoms with Crippen molar-refractivity contribution in [1.82, 2.24) is 0 Å². The molecule has 0 amide bonds. The summed E-state index contributed by atoms with van der Waals surface area (Å²) in [6, 6.07) is 5.03. The van der Waals surface area contributed by atoms with Gasteiger partial charge in [-0.25, -0.2) is 4.39 Å². The number of benzene rings is 1. The number of hydrogen-bond donors (Lipinski definition) is 0. The van der Waals surface area contributed by atoms with E-state index in [1.165, 1.54) is 6.07 Å². The first-order chi connectivity index (χ1) is 5.58. The highest BCUT2D eigenvalue weighted by molar-refractivity contribution is 9.10. The van der Waals surface area contributed by atoms with Crippen LogP contribution in [0.1, 0.15) is 19.4 Å². The lowest BCUT2D eigenvalue weighted by Gasteiger charge is -2.05. The molecule has 0 heterocycles. The zero-order valence-corrected chi connectivity index (χ0v) is 8.86. The van der Waals surface area contributed by atoms with Crippen LogP contribution in [0, 0.1) is 11.7 Å². The molecule has 1 aromatic rings. The van der Waals surface area contributed by atoms with Gasteiger partial charge in [-0.15, -0.1) is 0 Å². The Bertz CT molecular complexity index is 248. The molecule has 2 heteroatoms. The van der Waals surface area contributed by atoms with Gasteiger partial charge >= 0.3 is 0 Å². The summed E-state index contributed by atoms with van der Waals surface area (Å²) in [5.74, 6) is 0.402. The second kappa shape index (κ2) is 4.04. The predicted molar refractivity (Wildman–Crippen MR) is 52.6 cm³/mol. The highest BCUT2D eigenvalue weighted by Gasteiger charge is 2.01. The van der Waals surface area contributed by atoms with Crippen molar-refractivity contribution in [2.75, 3.05) is 0 Å². The minimum absolute atomic E-state index is 0.167. The van der Waals surface area contributed by atoms with Gasteiger partial charge in [-0.2, -0.15) is 0 Å². The van der Waals surface area contributed by atoms with Gasteiger partial charge in [-0.3, -0.25) is 0 Å². The average Bonchev–Trinajstić information content (AvgIpc) is 1.81. The Balaban J connectivity index is 2.85. The maximum atomic E-state index is 12.8. The summed E-state index contributed by atoms with van der Waals surface area (Å²) in [6.07, 6.45) is 0.927. The normalized spacial score (nSPS) is 10.8. The Morgan fingerprint density at radius 2 is 2.00 bits per heavy atom. The molecule has 0 aliphatic rings. The van der Waals surface area contributed by atoms with Gasteiger partial charge < -0.3 is 0 Å². The summed E-state index contributed by atoms with van der Waals surface area (Å²) in [5, 5.41) is 0. The van der Waals surface area contributed by atoms with Gasteiger partial charge in [-0.1, -0.05) is 29.8 Å². The fourth-order valence-electron chi connectivity index (χ4n) is 1.20. The summed E-state index contributed by atoms with van der Waals surface area (Å²) < 4.78 is 13.7. The first kappa shape index (κ1) is 9.72. The molecule has 0 fully saturated rings. The summed E-state index contributed by atoms with van der Waals surface area (Å²) >= 11 is 3.26. The molecule has 0 bridgehead atoms. The largest absolute Gasteiger partial charge is 0.207 e. The highest BCUT2D eigenvalue weighted by atomic mass is 79.9. The Hall–Kier alpha value is -0.370. The molecule has 0 radical (unpaired) electrons. The van der Waals surface area contributed by atoms with Gasteiger partial charge in [0.05, 0.1) is 0 Å². The Kier molecular flexibility index (Phi) is 3.27. The van der Waals surface area contributed by atoms with Gasteiger partial charge in [0.2, 0.25) is 0 Å². The standard InChI is InChI=1S/C10H12BrF/c1-7(2)3-8-4-9(11)6-10(12)5-8/h4-7H,3H2,1-2H3. The SMILES string of the molecule is CC(C)Cc1cc(F)cc(Br)c1. The maximum absolute atomic E-state index is 12.8. The van der Waals surface area contributed by atoms with Crippen molar-refractivity contribution in [2.24, 2.45) is 5.92 Å². The molecule has 0 N–H and O–H groups in total. The zero-order valence-electron chi connectivity index (χ0n) is 7.27. The molecule has 12 heavy (non-hydrogen) atoms. The minimum Gasteiger partial charge on any atom is -0.207 e. The molecule has 0 nitrogen and oxygen atoms in total. The van der Waals surface area contributed by atoms with Crippen LogP contribution in [-0.4, -0.2) is 0 Å². The third-order valence-electron chi connectivity index (χ3n) is 1.57. The van der Waals surface area contributed by atoms with Crippen molar-refractivity contribution in [3.05, 3.63) is 34.1 Å². The number of hydrogen-bond acceptors (Lipinski definition) is 0. The van der Waals surface area contributed by atoms with Crippen molar-refractivity contribution >= 4 is 15.9 Å². The van der Waals surface area contributed by atoms with E-state index in [1.807, 2.05) is 6.07 Å². The predicted octanol–water partition coefficient (Wildman–Crippen LogP) is 3.79. The molecule has 66 valence electrons. The van der Waals surface area contributed by atoms with Gasteiger partial charge in [0.25, 0.3) is 0 Å². The average molecular weight is 231 g/mol. The van der Waals surface area contributed by atoms with Crippen molar-refractivity contribution in [3.8, 4) is 0 Å². The van der Waals surface area contributed by atoms with Crippen LogP contribution in [0.25, 0.3) is 0 Å². The van der Waals surface area contributed by atoms with E-state index in [9.17, 15) is 4.39 Å². The van der Waals surface area contributed by atoms with Crippen molar-refractivity contribution < 1.29 is 4.39 Å².